The average molecular weight is 573 g/mol. The van der Waals surface area contributed by atoms with E-state index in [1.165, 1.54) is 22.0 Å². The van der Waals surface area contributed by atoms with E-state index in [4.69, 9.17) is 11.6 Å². The van der Waals surface area contributed by atoms with Crippen LogP contribution in [0.3, 0.4) is 0 Å². The van der Waals surface area contributed by atoms with Gasteiger partial charge in [-0.25, -0.2) is 13.1 Å². The fourth-order valence-electron chi connectivity index (χ4n) is 6.00. The second kappa shape index (κ2) is 10.1. The minimum Gasteiger partial charge on any atom is -0.291 e. The number of allylic oxidation sites excluding steroid dienone is 1. The number of hydrogen-bond acceptors (Lipinski definition) is 5. The Labute approximate surface area is 239 Å². The number of aromatic nitrogens is 3. The Morgan fingerprint density at radius 3 is 2.52 bits per heavy atom. The first-order valence-electron chi connectivity index (χ1n) is 13.2. The van der Waals surface area contributed by atoms with Gasteiger partial charge < -0.3 is 0 Å². The lowest BCUT2D eigenvalue weighted by Crippen LogP contribution is -2.49. The maximum Gasteiger partial charge on any atom is 0.243 e. The summed E-state index contributed by atoms with van der Waals surface area (Å²) in [6.07, 6.45) is 7.51. The van der Waals surface area contributed by atoms with Crippen molar-refractivity contribution in [3.63, 3.8) is 0 Å². The second-order valence-electron chi connectivity index (χ2n) is 10.6. The summed E-state index contributed by atoms with van der Waals surface area (Å²) in [7, 11) is -2.19. The zero-order valence-corrected chi connectivity index (χ0v) is 23.9. The molecule has 0 aliphatic heterocycles. The molecule has 0 unspecified atom stereocenters. The average Bonchev–Trinajstić information content (AvgIpc) is 3.38. The lowest BCUT2D eigenvalue weighted by Gasteiger charge is -2.45. The molecule has 0 spiro atoms. The highest BCUT2D eigenvalue weighted by atomic mass is 35.5. The summed E-state index contributed by atoms with van der Waals surface area (Å²) >= 11 is 6.00. The Kier molecular flexibility index (Phi) is 6.73. The van der Waals surface area contributed by atoms with Gasteiger partial charge >= 0.3 is 0 Å². The van der Waals surface area contributed by atoms with Crippen LogP contribution < -0.4 is 0 Å². The number of aryl methyl sites for hydroxylation is 1. The van der Waals surface area contributed by atoms with E-state index >= 15 is 0 Å². The molecule has 2 aliphatic carbocycles. The van der Waals surface area contributed by atoms with Crippen LogP contribution in [0.5, 0.6) is 0 Å². The number of sulfonamides is 1. The largest absolute Gasteiger partial charge is 0.291 e. The van der Waals surface area contributed by atoms with E-state index in [0.29, 0.717) is 36.4 Å². The number of carbonyl (C=O) groups excluding carboxylic acids is 1. The van der Waals surface area contributed by atoms with Crippen molar-refractivity contribution in [3.05, 3.63) is 112 Å². The van der Waals surface area contributed by atoms with Gasteiger partial charge in [0.05, 0.1) is 27.9 Å². The number of pyridine rings is 1. The molecule has 2 aromatic carbocycles. The number of ketones is 1. The van der Waals surface area contributed by atoms with Crippen LogP contribution >= 0.6 is 11.6 Å². The molecule has 2 aromatic heterocycles. The molecule has 4 aromatic rings. The zero-order chi connectivity index (χ0) is 28.1. The second-order valence-corrected chi connectivity index (χ2v) is 13.1. The van der Waals surface area contributed by atoms with Crippen molar-refractivity contribution in [1.82, 2.24) is 19.1 Å². The predicted molar refractivity (Wildman–Crippen MR) is 155 cm³/mol. The van der Waals surface area contributed by atoms with Gasteiger partial charge in [-0.3, -0.25) is 9.78 Å². The van der Waals surface area contributed by atoms with Crippen LogP contribution in [0.1, 0.15) is 46.6 Å². The van der Waals surface area contributed by atoms with Crippen LogP contribution in [0.2, 0.25) is 5.02 Å². The van der Waals surface area contributed by atoms with Crippen molar-refractivity contribution in [2.45, 2.75) is 43.5 Å². The highest BCUT2D eigenvalue weighted by Gasteiger charge is 2.51. The third-order valence-corrected chi connectivity index (χ3v) is 10.4. The number of benzene rings is 2. The molecular formula is C31H29ClN4O3S. The van der Waals surface area contributed by atoms with Crippen molar-refractivity contribution in [1.29, 1.82) is 0 Å². The number of Topliss-reactive ketones (excluding diaryl/α,β-unsaturated/α-hetero) is 1. The van der Waals surface area contributed by atoms with Crippen LogP contribution in [-0.4, -0.2) is 46.4 Å². The summed E-state index contributed by atoms with van der Waals surface area (Å²) in [6.45, 7) is 2.05. The maximum absolute atomic E-state index is 14.3. The molecular weight excluding hydrogens is 544 g/mol. The number of rotatable bonds is 6. The fourth-order valence-corrected chi connectivity index (χ4v) is 7.51. The number of hydrogen-bond donors (Lipinski definition) is 0. The van der Waals surface area contributed by atoms with Crippen LogP contribution in [0.25, 0.3) is 11.8 Å². The SMILES string of the molecule is Cc1ccc(-n2ncc3c2C=C2CC[C@H](N(C)S(=O)(=O)c4ccc(Cl)cc4)C[C@@]2(C(=O)c2ccccn2)C3)cc1. The van der Waals surface area contributed by atoms with Gasteiger partial charge in [-0.15, -0.1) is 0 Å². The minimum atomic E-state index is -3.79. The molecule has 0 saturated heterocycles. The van der Waals surface area contributed by atoms with Gasteiger partial charge in [0.25, 0.3) is 0 Å². The van der Waals surface area contributed by atoms with E-state index in [-0.39, 0.29) is 16.7 Å². The van der Waals surface area contributed by atoms with Gasteiger partial charge in [0.15, 0.2) is 5.78 Å². The lowest BCUT2D eigenvalue weighted by molar-refractivity contribution is 0.0747. The summed E-state index contributed by atoms with van der Waals surface area (Å²) < 4.78 is 30.5. The molecule has 2 atom stereocenters. The van der Waals surface area contributed by atoms with Crippen molar-refractivity contribution in [2.24, 2.45) is 5.41 Å². The normalized spacial score (nSPS) is 20.5. The minimum absolute atomic E-state index is 0.0879. The van der Waals surface area contributed by atoms with Gasteiger partial charge in [0.2, 0.25) is 10.0 Å². The topological polar surface area (TPSA) is 85.2 Å². The summed E-state index contributed by atoms with van der Waals surface area (Å²) in [6, 6.07) is 19.3. The van der Waals surface area contributed by atoms with Gasteiger partial charge in [-0.2, -0.15) is 9.40 Å². The van der Waals surface area contributed by atoms with Crippen LogP contribution in [-0.2, 0) is 16.4 Å². The molecule has 9 heteroatoms. The van der Waals surface area contributed by atoms with E-state index < -0.39 is 15.4 Å². The van der Waals surface area contributed by atoms with E-state index in [9.17, 15) is 13.2 Å². The zero-order valence-electron chi connectivity index (χ0n) is 22.3. The predicted octanol–water partition coefficient (Wildman–Crippen LogP) is 5.91. The van der Waals surface area contributed by atoms with Gasteiger partial charge in [-0.05, 0) is 92.8 Å². The molecule has 0 N–H and O–H groups in total. The van der Waals surface area contributed by atoms with E-state index in [2.05, 4.69) is 28.3 Å². The molecule has 0 bridgehead atoms. The third kappa shape index (κ3) is 4.50. The first kappa shape index (κ1) is 26.6. The monoisotopic (exact) mass is 572 g/mol. The van der Waals surface area contributed by atoms with Gasteiger partial charge in [0, 0.05) is 24.3 Å². The van der Waals surface area contributed by atoms with Gasteiger partial charge in [-0.1, -0.05) is 40.9 Å². The van der Waals surface area contributed by atoms with E-state index in [1.54, 1.807) is 43.6 Å². The Morgan fingerprint density at radius 2 is 1.82 bits per heavy atom. The number of fused-ring (bicyclic) bond motifs is 2. The highest BCUT2D eigenvalue weighted by Crippen LogP contribution is 2.51. The van der Waals surface area contributed by atoms with Crippen molar-refractivity contribution >= 4 is 33.5 Å². The van der Waals surface area contributed by atoms with E-state index in [0.717, 1.165) is 22.5 Å². The summed E-state index contributed by atoms with van der Waals surface area (Å²) in [5.74, 6) is -0.0879. The molecule has 40 heavy (non-hydrogen) atoms. The highest BCUT2D eigenvalue weighted by molar-refractivity contribution is 7.89. The molecule has 1 fully saturated rings. The fraction of sp³-hybridized carbons (Fsp3) is 0.258. The first-order chi connectivity index (χ1) is 19.2. The number of nitrogens with zero attached hydrogens (tertiary/aromatic N) is 4. The molecule has 204 valence electrons. The third-order valence-electron chi connectivity index (χ3n) is 8.25. The quantitative estimate of drug-likeness (QED) is 0.268. The Bertz CT molecular complexity index is 1710. The van der Waals surface area contributed by atoms with Crippen molar-refractivity contribution < 1.29 is 13.2 Å². The molecule has 2 heterocycles. The Hall–Kier alpha value is -3.59. The standard InChI is InChI=1S/C31H29ClN4O3S/c1-21-6-11-25(12-7-21)36-29-17-23-8-13-26(35(2)40(38,39)27-14-9-24(32)10-15-27)19-31(23,18-22(29)20-34-36)30(37)28-5-3-4-16-33-28/h3-7,9-12,14-17,20,26H,8,13,18-19H2,1-2H3/t26-,31-/m0/s1. The molecule has 2 aliphatic rings. The number of halogens is 1. The first-order valence-corrected chi connectivity index (χ1v) is 15.1. The smallest absolute Gasteiger partial charge is 0.243 e. The van der Waals surface area contributed by atoms with Crippen molar-refractivity contribution in [2.75, 3.05) is 7.05 Å². The maximum atomic E-state index is 14.3. The Morgan fingerprint density at radius 1 is 1.07 bits per heavy atom. The van der Waals surface area contributed by atoms with Crippen LogP contribution in [0.4, 0.5) is 0 Å². The number of carbonyl (C=O) groups is 1. The van der Waals surface area contributed by atoms with Gasteiger partial charge in [0.1, 0.15) is 5.69 Å². The van der Waals surface area contributed by atoms with Crippen molar-refractivity contribution in [3.8, 4) is 5.69 Å². The molecule has 7 nitrogen and oxygen atoms in total. The summed E-state index contributed by atoms with van der Waals surface area (Å²) in [5.41, 5.74) is 4.50. The molecule has 0 amide bonds. The summed E-state index contributed by atoms with van der Waals surface area (Å²) in [5, 5.41) is 5.16. The van der Waals surface area contributed by atoms with Crippen LogP contribution in [0.15, 0.2) is 89.6 Å². The van der Waals surface area contributed by atoms with E-state index in [1.807, 2.05) is 29.9 Å². The molecule has 1 saturated carbocycles. The lowest BCUT2D eigenvalue weighted by atomic mass is 9.60. The molecule has 6 rings (SSSR count). The van der Waals surface area contributed by atoms with Crippen LogP contribution in [0, 0.1) is 12.3 Å². The molecule has 0 radical (unpaired) electrons. The summed E-state index contributed by atoms with van der Waals surface area (Å²) in [4.78, 5) is 18.9. The Balaban J connectivity index is 1.41.